The summed E-state index contributed by atoms with van der Waals surface area (Å²) < 4.78 is 0. The predicted octanol–water partition coefficient (Wildman–Crippen LogP) is 2.60. The highest BCUT2D eigenvalue weighted by Crippen LogP contribution is 2.22. The van der Waals surface area contributed by atoms with Crippen LogP contribution in [0.2, 0.25) is 5.02 Å². The van der Waals surface area contributed by atoms with Crippen LogP contribution in [0.1, 0.15) is 29.6 Å². The standard InChI is InChI=1S/C15H22ClN3O/c1-19(2)15(20)13-7-6-11(16)9-14(13)18-10-12-5-3-4-8-17-12/h6-7,9,12,17-18H,3-5,8,10H2,1-2H3. The van der Waals surface area contributed by atoms with Gasteiger partial charge in [0.1, 0.15) is 0 Å². The van der Waals surface area contributed by atoms with Crippen molar-refractivity contribution in [2.24, 2.45) is 0 Å². The van der Waals surface area contributed by atoms with Crippen molar-refractivity contribution in [3.63, 3.8) is 0 Å². The fraction of sp³-hybridized carbons (Fsp3) is 0.533. The Bertz CT molecular complexity index is 470. The van der Waals surface area contributed by atoms with E-state index < -0.39 is 0 Å². The maximum absolute atomic E-state index is 12.2. The molecule has 0 spiro atoms. The number of hydrogen-bond donors (Lipinski definition) is 2. The van der Waals surface area contributed by atoms with Gasteiger partial charge in [0.15, 0.2) is 0 Å². The Labute approximate surface area is 125 Å². The van der Waals surface area contributed by atoms with E-state index in [2.05, 4.69) is 10.6 Å². The molecule has 1 aliphatic heterocycles. The van der Waals surface area contributed by atoms with Gasteiger partial charge in [-0.25, -0.2) is 0 Å². The number of halogens is 1. The molecule has 0 saturated carbocycles. The fourth-order valence-electron chi connectivity index (χ4n) is 2.42. The van der Waals surface area contributed by atoms with Crippen molar-refractivity contribution in [3.8, 4) is 0 Å². The largest absolute Gasteiger partial charge is 0.383 e. The molecule has 1 aromatic carbocycles. The van der Waals surface area contributed by atoms with E-state index in [1.165, 1.54) is 19.3 Å². The number of carbonyl (C=O) groups excluding carboxylic acids is 1. The molecule has 20 heavy (non-hydrogen) atoms. The third-order valence-corrected chi connectivity index (χ3v) is 3.80. The molecule has 0 aliphatic carbocycles. The number of hydrogen-bond acceptors (Lipinski definition) is 3. The van der Waals surface area contributed by atoms with Crippen molar-refractivity contribution in [1.29, 1.82) is 0 Å². The molecule has 1 unspecified atom stereocenters. The molecule has 0 aromatic heterocycles. The van der Waals surface area contributed by atoms with Crippen LogP contribution in [0.15, 0.2) is 18.2 Å². The fourth-order valence-corrected chi connectivity index (χ4v) is 2.59. The lowest BCUT2D eigenvalue weighted by molar-refractivity contribution is 0.0828. The first kappa shape index (κ1) is 15.1. The van der Waals surface area contributed by atoms with Crippen molar-refractivity contribution < 1.29 is 4.79 Å². The molecule has 1 saturated heterocycles. The minimum Gasteiger partial charge on any atom is -0.383 e. The number of amides is 1. The SMILES string of the molecule is CN(C)C(=O)c1ccc(Cl)cc1NCC1CCCCN1. The number of carbonyl (C=O) groups is 1. The van der Waals surface area contributed by atoms with Gasteiger partial charge in [-0.1, -0.05) is 18.0 Å². The average Bonchev–Trinajstić information content (AvgIpc) is 2.45. The summed E-state index contributed by atoms with van der Waals surface area (Å²) >= 11 is 6.04. The van der Waals surface area contributed by atoms with Gasteiger partial charge in [0.05, 0.1) is 5.56 Å². The maximum Gasteiger partial charge on any atom is 0.255 e. The third kappa shape index (κ3) is 3.87. The van der Waals surface area contributed by atoms with Crippen LogP contribution in [0.3, 0.4) is 0 Å². The van der Waals surface area contributed by atoms with Gasteiger partial charge in [-0.05, 0) is 37.6 Å². The van der Waals surface area contributed by atoms with Crippen LogP contribution in [0.25, 0.3) is 0 Å². The molecule has 1 amide bonds. The second kappa shape index (κ2) is 6.95. The van der Waals surface area contributed by atoms with Gasteiger partial charge in [-0.3, -0.25) is 4.79 Å². The monoisotopic (exact) mass is 295 g/mol. The number of piperidine rings is 1. The lowest BCUT2D eigenvalue weighted by Crippen LogP contribution is -2.39. The molecule has 0 bridgehead atoms. The van der Waals surface area contributed by atoms with Crippen LogP contribution >= 0.6 is 11.6 Å². The Morgan fingerprint density at radius 3 is 2.90 bits per heavy atom. The maximum atomic E-state index is 12.2. The molecule has 1 aliphatic rings. The van der Waals surface area contributed by atoms with E-state index in [1.807, 2.05) is 6.07 Å². The van der Waals surface area contributed by atoms with E-state index >= 15 is 0 Å². The number of benzene rings is 1. The van der Waals surface area contributed by atoms with Crippen LogP contribution < -0.4 is 10.6 Å². The molecule has 5 heteroatoms. The molecule has 4 nitrogen and oxygen atoms in total. The first-order valence-corrected chi connectivity index (χ1v) is 7.44. The van der Waals surface area contributed by atoms with Gasteiger partial charge in [0.2, 0.25) is 0 Å². The zero-order chi connectivity index (χ0) is 14.5. The van der Waals surface area contributed by atoms with Gasteiger partial charge in [0, 0.05) is 37.4 Å². The van der Waals surface area contributed by atoms with E-state index in [-0.39, 0.29) is 5.91 Å². The molecular formula is C15H22ClN3O. The van der Waals surface area contributed by atoms with Crippen LogP contribution in [0, 0.1) is 0 Å². The summed E-state index contributed by atoms with van der Waals surface area (Å²) in [4.78, 5) is 13.7. The normalized spacial score (nSPS) is 18.6. The molecule has 110 valence electrons. The van der Waals surface area contributed by atoms with Crippen LogP contribution in [0.5, 0.6) is 0 Å². The summed E-state index contributed by atoms with van der Waals surface area (Å²) in [5.74, 6) is -0.0132. The van der Waals surface area contributed by atoms with E-state index in [9.17, 15) is 4.79 Å². The second-order valence-corrected chi connectivity index (χ2v) is 5.85. The van der Waals surface area contributed by atoms with E-state index in [1.54, 1.807) is 31.1 Å². The molecule has 0 radical (unpaired) electrons. The van der Waals surface area contributed by atoms with Gasteiger partial charge >= 0.3 is 0 Å². The van der Waals surface area contributed by atoms with Gasteiger partial charge < -0.3 is 15.5 Å². The third-order valence-electron chi connectivity index (χ3n) is 3.57. The first-order valence-electron chi connectivity index (χ1n) is 7.06. The minimum absolute atomic E-state index is 0.0132. The topological polar surface area (TPSA) is 44.4 Å². The Morgan fingerprint density at radius 1 is 1.45 bits per heavy atom. The number of anilines is 1. The molecule has 2 N–H and O–H groups in total. The van der Waals surface area contributed by atoms with Crippen LogP contribution in [-0.4, -0.2) is 44.0 Å². The lowest BCUT2D eigenvalue weighted by atomic mass is 10.0. The summed E-state index contributed by atoms with van der Waals surface area (Å²) in [6.07, 6.45) is 3.68. The Hall–Kier alpha value is -1.26. The smallest absolute Gasteiger partial charge is 0.255 e. The summed E-state index contributed by atoms with van der Waals surface area (Å²) in [7, 11) is 3.51. The zero-order valence-corrected chi connectivity index (χ0v) is 12.8. The number of nitrogens with one attached hydrogen (secondary N) is 2. The predicted molar refractivity (Wildman–Crippen MR) is 83.6 cm³/mol. The summed E-state index contributed by atoms with van der Waals surface area (Å²) in [5, 5.41) is 7.49. The van der Waals surface area contributed by atoms with Crippen molar-refractivity contribution in [2.75, 3.05) is 32.5 Å². The van der Waals surface area contributed by atoms with E-state index in [4.69, 9.17) is 11.6 Å². The van der Waals surface area contributed by atoms with Crippen LogP contribution in [0.4, 0.5) is 5.69 Å². The van der Waals surface area contributed by atoms with Crippen molar-refractivity contribution in [1.82, 2.24) is 10.2 Å². The van der Waals surface area contributed by atoms with E-state index in [0.29, 0.717) is 16.6 Å². The first-order chi connectivity index (χ1) is 9.58. The summed E-state index contributed by atoms with van der Waals surface area (Å²) in [6.45, 7) is 1.89. The van der Waals surface area contributed by atoms with Crippen LogP contribution in [-0.2, 0) is 0 Å². The quantitative estimate of drug-likeness (QED) is 0.897. The van der Waals surface area contributed by atoms with Gasteiger partial charge in [-0.15, -0.1) is 0 Å². The van der Waals surface area contributed by atoms with Gasteiger partial charge in [-0.2, -0.15) is 0 Å². The van der Waals surface area contributed by atoms with Gasteiger partial charge in [0.25, 0.3) is 5.91 Å². The Kier molecular flexibility index (Phi) is 5.26. The molecule has 1 aromatic rings. The molecule has 1 heterocycles. The molecule has 1 atom stereocenters. The highest BCUT2D eigenvalue weighted by Gasteiger charge is 2.16. The van der Waals surface area contributed by atoms with Crippen molar-refractivity contribution in [2.45, 2.75) is 25.3 Å². The van der Waals surface area contributed by atoms with Crippen molar-refractivity contribution >= 4 is 23.2 Å². The van der Waals surface area contributed by atoms with Crippen molar-refractivity contribution in [3.05, 3.63) is 28.8 Å². The number of nitrogens with zero attached hydrogens (tertiary/aromatic N) is 1. The second-order valence-electron chi connectivity index (χ2n) is 5.42. The molecule has 1 fully saturated rings. The summed E-state index contributed by atoms with van der Waals surface area (Å²) in [6, 6.07) is 5.81. The molecular weight excluding hydrogens is 274 g/mol. The average molecular weight is 296 g/mol. The molecule has 2 rings (SSSR count). The Morgan fingerprint density at radius 2 is 2.25 bits per heavy atom. The lowest BCUT2D eigenvalue weighted by Gasteiger charge is -2.25. The highest BCUT2D eigenvalue weighted by molar-refractivity contribution is 6.31. The Balaban J connectivity index is 2.08. The highest BCUT2D eigenvalue weighted by atomic mass is 35.5. The number of rotatable bonds is 4. The van der Waals surface area contributed by atoms with E-state index in [0.717, 1.165) is 18.8 Å². The zero-order valence-electron chi connectivity index (χ0n) is 12.1. The summed E-state index contributed by atoms with van der Waals surface area (Å²) in [5.41, 5.74) is 1.47. The minimum atomic E-state index is -0.0132.